The summed E-state index contributed by atoms with van der Waals surface area (Å²) in [5, 5.41) is 23.3. The number of aryl methyl sites for hydroxylation is 1. The third-order valence-electron chi connectivity index (χ3n) is 5.55. The molecule has 2 aromatic carbocycles. The van der Waals surface area contributed by atoms with Gasteiger partial charge in [-0.2, -0.15) is 5.26 Å². The summed E-state index contributed by atoms with van der Waals surface area (Å²) in [5.41, 5.74) is 4.13. The summed E-state index contributed by atoms with van der Waals surface area (Å²) >= 11 is 0. The van der Waals surface area contributed by atoms with Crippen LogP contribution in [0.3, 0.4) is 0 Å². The lowest BCUT2D eigenvalue weighted by atomic mass is 9.98. The molecule has 4 rings (SSSR count). The quantitative estimate of drug-likeness (QED) is 0.422. The topological polar surface area (TPSA) is 109 Å². The smallest absolute Gasteiger partial charge is 0.247 e. The summed E-state index contributed by atoms with van der Waals surface area (Å²) in [4.78, 5) is 17.6. The van der Waals surface area contributed by atoms with Gasteiger partial charge in [0.25, 0.3) is 0 Å². The molecule has 2 aromatic heterocycles. The van der Waals surface area contributed by atoms with Gasteiger partial charge in [-0.05, 0) is 41.3 Å². The van der Waals surface area contributed by atoms with Crippen LogP contribution >= 0.6 is 0 Å². The van der Waals surface area contributed by atoms with Gasteiger partial charge in [0.15, 0.2) is 0 Å². The molecule has 1 unspecified atom stereocenters. The average Bonchev–Trinajstić information content (AvgIpc) is 3.31. The van der Waals surface area contributed by atoms with Crippen molar-refractivity contribution in [2.24, 2.45) is 7.05 Å². The number of hydrogen-bond donors (Lipinski definition) is 2. The average molecular weight is 452 g/mol. The third kappa shape index (κ3) is 5.52. The zero-order valence-corrected chi connectivity index (χ0v) is 19.0. The zero-order chi connectivity index (χ0) is 23.9. The molecule has 0 fully saturated rings. The van der Waals surface area contributed by atoms with Crippen LogP contribution in [-0.2, 0) is 11.8 Å². The summed E-state index contributed by atoms with van der Waals surface area (Å²) in [6, 6.07) is 22.3. The van der Waals surface area contributed by atoms with Gasteiger partial charge in [-0.1, -0.05) is 54.6 Å². The number of nitrogens with zero attached hydrogens (tertiary/aromatic N) is 5. The first-order valence-corrected chi connectivity index (χ1v) is 11.0. The fourth-order valence-corrected chi connectivity index (χ4v) is 3.60. The van der Waals surface area contributed by atoms with E-state index in [2.05, 4.69) is 38.9 Å². The highest BCUT2D eigenvalue weighted by Crippen LogP contribution is 2.21. The number of rotatable bonds is 8. The summed E-state index contributed by atoms with van der Waals surface area (Å²) in [6.45, 7) is 2.67. The largest absolute Gasteiger partial charge is 0.309 e. The Hall–Kier alpha value is -4.35. The molecule has 0 saturated carbocycles. The van der Waals surface area contributed by atoms with Crippen molar-refractivity contribution in [3.05, 3.63) is 95.8 Å². The van der Waals surface area contributed by atoms with Crippen molar-refractivity contribution < 1.29 is 4.79 Å². The first kappa shape index (κ1) is 22.8. The van der Waals surface area contributed by atoms with Crippen LogP contribution in [0.2, 0.25) is 0 Å². The van der Waals surface area contributed by atoms with Gasteiger partial charge in [-0.15, -0.1) is 5.10 Å². The minimum Gasteiger partial charge on any atom is -0.309 e. The number of nitrogens with one attached hydrogen (secondary N) is 2. The molecule has 0 aliphatic carbocycles. The van der Waals surface area contributed by atoms with Crippen LogP contribution < -0.4 is 10.6 Å². The van der Waals surface area contributed by atoms with Crippen molar-refractivity contribution in [3.63, 3.8) is 0 Å². The van der Waals surface area contributed by atoms with Crippen LogP contribution in [0, 0.1) is 11.3 Å². The number of carbonyl (C=O) groups excluding carboxylic acids is 1. The van der Waals surface area contributed by atoms with Gasteiger partial charge in [0.2, 0.25) is 5.91 Å². The molecule has 0 aliphatic rings. The predicted octanol–water partition coefficient (Wildman–Crippen LogP) is 3.82. The first-order valence-electron chi connectivity index (χ1n) is 11.0. The van der Waals surface area contributed by atoms with E-state index in [0.717, 1.165) is 16.7 Å². The van der Waals surface area contributed by atoms with Crippen LogP contribution in [0.15, 0.2) is 79.1 Å². The lowest BCUT2D eigenvalue weighted by Crippen LogP contribution is -2.35. The number of hydrogen-bond acceptors (Lipinski definition) is 6. The molecule has 0 spiro atoms. The summed E-state index contributed by atoms with van der Waals surface area (Å²) in [5.74, 6) is 0.412. The second kappa shape index (κ2) is 10.5. The predicted molar refractivity (Wildman–Crippen MR) is 130 cm³/mol. The number of anilines is 1. The van der Waals surface area contributed by atoms with Crippen LogP contribution in [0.4, 0.5) is 5.82 Å². The van der Waals surface area contributed by atoms with Crippen molar-refractivity contribution in [2.45, 2.75) is 18.9 Å². The fourth-order valence-electron chi connectivity index (χ4n) is 3.60. The maximum Gasteiger partial charge on any atom is 0.247 e. The minimum absolute atomic E-state index is 0.149. The summed E-state index contributed by atoms with van der Waals surface area (Å²) in [6.07, 6.45) is 3.47. The molecule has 2 atom stereocenters. The molecular weight excluding hydrogens is 426 g/mol. The van der Waals surface area contributed by atoms with Gasteiger partial charge in [-0.3, -0.25) is 9.48 Å². The number of nitriles is 1. The van der Waals surface area contributed by atoms with Gasteiger partial charge < -0.3 is 10.6 Å². The highest BCUT2D eigenvalue weighted by molar-refractivity contribution is 5.94. The van der Waals surface area contributed by atoms with Crippen molar-refractivity contribution in [3.8, 4) is 17.3 Å². The molecule has 0 aliphatic heterocycles. The summed E-state index contributed by atoms with van der Waals surface area (Å²) in [7, 11) is 1.80. The Kier molecular flexibility index (Phi) is 7.06. The van der Waals surface area contributed by atoms with Gasteiger partial charge >= 0.3 is 0 Å². The van der Waals surface area contributed by atoms with E-state index in [1.54, 1.807) is 30.2 Å². The molecule has 8 nitrogen and oxygen atoms in total. The molecule has 2 heterocycles. The molecule has 0 radical (unpaired) electrons. The van der Waals surface area contributed by atoms with E-state index in [1.165, 1.54) is 0 Å². The highest BCUT2D eigenvalue weighted by Gasteiger charge is 2.22. The lowest BCUT2D eigenvalue weighted by molar-refractivity contribution is -0.118. The second-order valence-electron chi connectivity index (χ2n) is 8.09. The highest BCUT2D eigenvalue weighted by atomic mass is 16.2. The van der Waals surface area contributed by atoms with Crippen LogP contribution in [0.5, 0.6) is 0 Å². The fraction of sp³-hybridized carbons (Fsp3) is 0.192. The monoisotopic (exact) mass is 451 g/mol. The Balaban J connectivity index is 1.46. The van der Waals surface area contributed by atoms with E-state index >= 15 is 0 Å². The number of carbonyl (C=O) groups is 1. The maximum atomic E-state index is 13.2. The molecule has 0 bridgehead atoms. The van der Waals surface area contributed by atoms with E-state index < -0.39 is 6.04 Å². The van der Waals surface area contributed by atoms with E-state index in [-0.39, 0.29) is 11.8 Å². The second-order valence-corrected chi connectivity index (χ2v) is 8.09. The Labute approximate surface area is 198 Å². The van der Waals surface area contributed by atoms with Gasteiger partial charge in [0, 0.05) is 25.4 Å². The zero-order valence-electron chi connectivity index (χ0n) is 19.0. The van der Waals surface area contributed by atoms with Crippen LogP contribution in [0.25, 0.3) is 11.3 Å². The van der Waals surface area contributed by atoms with E-state index in [0.29, 0.717) is 23.6 Å². The molecule has 170 valence electrons. The molecule has 8 heteroatoms. The lowest BCUT2D eigenvalue weighted by Gasteiger charge is -2.21. The number of pyridine rings is 1. The third-order valence-corrected chi connectivity index (χ3v) is 5.55. The van der Waals surface area contributed by atoms with Crippen LogP contribution in [0.1, 0.15) is 35.6 Å². The van der Waals surface area contributed by atoms with E-state index in [1.807, 2.05) is 60.7 Å². The number of benzene rings is 2. The molecular formula is C26H25N7O. The molecule has 34 heavy (non-hydrogen) atoms. The number of amides is 1. The first-order chi connectivity index (χ1) is 16.5. The maximum absolute atomic E-state index is 13.2. The van der Waals surface area contributed by atoms with Crippen LogP contribution in [-0.4, -0.2) is 32.4 Å². The van der Waals surface area contributed by atoms with E-state index in [4.69, 9.17) is 5.26 Å². The minimum atomic E-state index is -0.552. The van der Waals surface area contributed by atoms with Crippen molar-refractivity contribution in [2.75, 3.05) is 11.9 Å². The Morgan fingerprint density at radius 3 is 2.44 bits per heavy atom. The van der Waals surface area contributed by atoms with E-state index in [9.17, 15) is 4.79 Å². The molecule has 4 aromatic rings. The van der Waals surface area contributed by atoms with Crippen molar-refractivity contribution >= 4 is 11.7 Å². The van der Waals surface area contributed by atoms with Gasteiger partial charge in [0.1, 0.15) is 17.6 Å². The van der Waals surface area contributed by atoms with Crippen molar-refractivity contribution in [1.82, 2.24) is 25.3 Å². The van der Waals surface area contributed by atoms with Gasteiger partial charge in [0.05, 0.1) is 17.8 Å². The number of aromatic nitrogens is 4. The van der Waals surface area contributed by atoms with Crippen molar-refractivity contribution in [1.29, 1.82) is 5.26 Å². The Morgan fingerprint density at radius 2 is 1.82 bits per heavy atom. The molecule has 1 amide bonds. The Bertz CT molecular complexity index is 1280. The normalized spacial score (nSPS) is 12.5. The Morgan fingerprint density at radius 1 is 1.06 bits per heavy atom. The standard InChI is InChI=1S/C26H25N7O/c1-18(20-10-8-19(14-27)9-11-20)15-29-25(21-6-4-3-5-7-21)26(34)30-24-13-12-22(16-28-24)23-17-33(2)32-31-23/h3-13,16-18,25,29H,15H2,1-2H3,(H,28,30,34)/t18-,25?/m0/s1. The molecule has 2 N–H and O–H groups in total. The SMILES string of the molecule is C[C@@H](CNC(C(=O)Nc1ccc(-c2cn(C)nn2)cn1)c1ccccc1)c1ccc(C#N)cc1. The van der Waals surface area contributed by atoms with Gasteiger partial charge in [-0.25, -0.2) is 4.98 Å². The molecule has 0 saturated heterocycles. The summed E-state index contributed by atoms with van der Waals surface area (Å²) < 4.78 is 1.63.